The molecule has 0 amide bonds. The van der Waals surface area contributed by atoms with Gasteiger partial charge < -0.3 is 9.47 Å². The number of para-hydroxylation sites is 1. The van der Waals surface area contributed by atoms with Crippen molar-refractivity contribution in [3.8, 4) is 11.5 Å². The van der Waals surface area contributed by atoms with Crippen LogP contribution in [0.1, 0.15) is 28.9 Å². The third kappa shape index (κ3) is 4.64. The molecule has 4 rings (SSSR count). The molecule has 0 spiro atoms. The molecule has 0 saturated carbocycles. The molecular formula is C26H24N2O4S. The van der Waals surface area contributed by atoms with Crippen LogP contribution in [0, 0.1) is 0 Å². The summed E-state index contributed by atoms with van der Waals surface area (Å²) in [5.74, 6) is 1.04. The molecule has 0 saturated heterocycles. The minimum absolute atomic E-state index is 0.106. The first-order chi connectivity index (χ1) is 16.0. The molecule has 0 fully saturated rings. The summed E-state index contributed by atoms with van der Waals surface area (Å²) in [6.07, 6.45) is 0. The molecule has 7 heteroatoms. The Morgan fingerprint density at radius 1 is 1.00 bits per heavy atom. The summed E-state index contributed by atoms with van der Waals surface area (Å²) in [6, 6.07) is 21.9. The normalized spacial score (nSPS) is 11.8. The number of nitrogens with zero attached hydrogens (tertiary/aromatic N) is 2. The average molecular weight is 461 g/mol. The fraction of sp³-hybridized carbons (Fsp3) is 0.192. The van der Waals surface area contributed by atoms with Gasteiger partial charge in [-0.05, 0) is 36.8 Å². The van der Waals surface area contributed by atoms with Gasteiger partial charge in [0, 0.05) is 6.07 Å². The number of carbonyl (C=O) groups is 1. The third-order valence-electron chi connectivity index (χ3n) is 5.49. The van der Waals surface area contributed by atoms with Gasteiger partial charge in [0.05, 0.1) is 42.5 Å². The van der Waals surface area contributed by atoms with E-state index in [0.717, 1.165) is 5.56 Å². The van der Waals surface area contributed by atoms with Gasteiger partial charge in [-0.25, -0.2) is 4.98 Å². The molecule has 0 aliphatic carbocycles. The van der Waals surface area contributed by atoms with Gasteiger partial charge in [-0.1, -0.05) is 54.2 Å². The number of carbonyl (C=O) groups excluding carboxylic acids is 1. The smallest absolute Gasteiger partial charge is 0.262 e. The number of Topliss-reactive ketones (excluding diaryl/α,β-unsaturated/α-hetero) is 1. The number of methoxy groups -OCH3 is 2. The second-order valence-electron chi connectivity index (χ2n) is 7.45. The lowest BCUT2D eigenvalue weighted by Crippen LogP contribution is -2.27. The minimum Gasteiger partial charge on any atom is -0.497 e. The molecule has 0 aliphatic heterocycles. The number of hydrogen-bond donors (Lipinski definition) is 0. The maximum absolute atomic E-state index is 13.4. The van der Waals surface area contributed by atoms with E-state index in [4.69, 9.17) is 14.5 Å². The SMILES string of the molecule is COc1ccc(C(=O)CSc2nc3ccccc3c(=O)n2C(C)c2ccccc2)c(OC)c1. The Labute approximate surface area is 196 Å². The fourth-order valence-electron chi connectivity index (χ4n) is 3.69. The van der Waals surface area contributed by atoms with Crippen LogP contribution in [0.3, 0.4) is 0 Å². The molecule has 4 aromatic rings. The summed E-state index contributed by atoms with van der Waals surface area (Å²) < 4.78 is 12.3. The summed E-state index contributed by atoms with van der Waals surface area (Å²) in [5.41, 5.74) is 1.92. The van der Waals surface area contributed by atoms with Gasteiger partial charge in [-0.2, -0.15) is 0 Å². The Morgan fingerprint density at radius 2 is 1.73 bits per heavy atom. The summed E-state index contributed by atoms with van der Waals surface area (Å²) in [7, 11) is 3.08. The summed E-state index contributed by atoms with van der Waals surface area (Å²) in [4.78, 5) is 31.2. The highest BCUT2D eigenvalue weighted by atomic mass is 32.2. The molecule has 0 aliphatic rings. The van der Waals surface area contributed by atoms with E-state index in [1.165, 1.54) is 18.9 Å². The first kappa shape index (κ1) is 22.6. The van der Waals surface area contributed by atoms with Crippen molar-refractivity contribution in [1.29, 1.82) is 0 Å². The zero-order valence-electron chi connectivity index (χ0n) is 18.6. The van der Waals surface area contributed by atoms with E-state index < -0.39 is 0 Å². The number of benzene rings is 3. The van der Waals surface area contributed by atoms with Gasteiger partial charge in [-0.15, -0.1) is 0 Å². The van der Waals surface area contributed by atoms with Gasteiger partial charge >= 0.3 is 0 Å². The molecule has 1 aromatic heterocycles. The van der Waals surface area contributed by atoms with Gasteiger partial charge in [-0.3, -0.25) is 14.2 Å². The van der Waals surface area contributed by atoms with Crippen molar-refractivity contribution in [2.75, 3.05) is 20.0 Å². The van der Waals surface area contributed by atoms with Gasteiger partial charge in [0.25, 0.3) is 5.56 Å². The maximum Gasteiger partial charge on any atom is 0.262 e. The van der Waals surface area contributed by atoms with Crippen LogP contribution in [0.25, 0.3) is 10.9 Å². The first-order valence-electron chi connectivity index (χ1n) is 10.5. The molecular weight excluding hydrogens is 436 g/mol. The second-order valence-corrected chi connectivity index (χ2v) is 8.39. The van der Waals surface area contributed by atoms with Crippen LogP contribution in [0.5, 0.6) is 11.5 Å². The lowest BCUT2D eigenvalue weighted by Gasteiger charge is -2.20. The second kappa shape index (κ2) is 9.92. The van der Waals surface area contributed by atoms with E-state index in [-0.39, 0.29) is 23.1 Å². The average Bonchev–Trinajstić information content (AvgIpc) is 2.87. The van der Waals surface area contributed by atoms with E-state index in [9.17, 15) is 9.59 Å². The third-order valence-corrected chi connectivity index (χ3v) is 6.44. The molecule has 3 aromatic carbocycles. The molecule has 0 N–H and O–H groups in total. The molecule has 33 heavy (non-hydrogen) atoms. The Balaban J connectivity index is 1.71. The maximum atomic E-state index is 13.4. The van der Waals surface area contributed by atoms with Crippen molar-refractivity contribution in [2.24, 2.45) is 0 Å². The van der Waals surface area contributed by atoms with Crippen molar-refractivity contribution in [3.63, 3.8) is 0 Å². The van der Waals surface area contributed by atoms with Gasteiger partial charge in [0.1, 0.15) is 11.5 Å². The van der Waals surface area contributed by atoms with Gasteiger partial charge in [0.2, 0.25) is 0 Å². The largest absolute Gasteiger partial charge is 0.497 e. The number of thioether (sulfide) groups is 1. The molecule has 1 unspecified atom stereocenters. The molecule has 168 valence electrons. The Bertz CT molecular complexity index is 1350. The molecule has 0 bridgehead atoms. The van der Waals surface area contributed by atoms with Crippen LogP contribution >= 0.6 is 11.8 Å². The number of hydrogen-bond acceptors (Lipinski definition) is 6. The Kier molecular flexibility index (Phi) is 6.79. The molecule has 6 nitrogen and oxygen atoms in total. The van der Waals surface area contributed by atoms with Crippen LogP contribution in [-0.2, 0) is 0 Å². The standard InChI is InChI=1S/C26H24N2O4S/c1-17(18-9-5-4-6-10-18)28-25(30)20-11-7-8-12-22(20)27-26(28)33-16-23(29)21-14-13-19(31-2)15-24(21)32-3/h4-15,17H,16H2,1-3H3. The first-order valence-corrected chi connectivity index (χ1v) is 11.5. The molecule has 0 radical (unpaired) electrons. The predicted octanol–water partition coefficient (Wildman–Crippen LogP) is 5.00. The monoisotopic (exact) mass is 460 g/mol. The van der Waals surface area contributed by atoms with E-state index in [0.29, 0.717) is 33.1 Å². The minimum atomic E-state index is -0.246. The molecule has 1 heterocycles. The Morgan fingerprint density at radius 3 is 2.45 bits per heavy atom. The quantitative estimate of drug-likeness (QED) is 0.209. The van der Waals surface area contributed by atoms with Crippen LogP contribution in [0.15, 0.2) is 82.7 Å². The Hall–Kier alpha value is -3.58. The van der Waals surface area contributed by atoms with Crippen LogP contribution in [0.2, 0.25) is 0 Å². The number of fused-ring (bicyclic) bond motifs is 1. The van der Waals surface area contributed by atoms with E-state index in [1.54, 1.807) is 35.9 Å². The van der Waals surface area contributed by atoms with Crippen LogP contribution in [0.4, 0.5) is 0 Å². The topological polar surface area (TPSA) is 70.4 Å². The van der Waals surface area contributed by atoms with Crippen molar-refractivity contribution < 1.29 is 14.3 Å². The van der Waals surface area contributed by atoms with Crippen LogP contribution < -0.4 is 15.0 Å². The highest BCUT2D eigenvalue weighted by Crippen LogP contribution is 2.29. The molecule has 1 atom stereocenters. The summed E-state index contributed by atoms with van der Waals surface area (Å²) in [6.45, 7) is 1.96. The summed E-state index contributed by atoms with van der Waals surface area (Å²) in [5, 5.41) is 1.05. The number of aromatic nitrogens is 2. The predicted molar refractivity (Wildman–Crippen MR) is 131 cm³/mol. The van der Waals surface area contributed by atoms with Gasteiger partial charge in [0.15, 0.2) is 10.9 Å². The van der Waals surface area contributed by atoms with Crippen LogP contribution in [-0.4, -0.2) is 35.3 Å². The number of ketones is 1. The zero-order chi connectivity index (χ0) is 23.4. The van der Waals surface area contributed by atoms with Crippen molar-refractivity contribution in [1.82, 2.24) is 9.55 Å². The zero-order valence-corrected chi connectivity index (χ0v) is 19.5. The van der Waals surface area contributed by atoms with Crippen molar-refractivity contribution in [2.45, 2.75) is 18.1 Å². The lowest BCUT2D eigenvalue weighted by molar-refractivity contribution is 0.101. The lowest BCUT2D eigenvalue weighted by atomic mass is 10.1. The summed E-state index contributed by atoms with van der Waals surface area (Å²) >= 11 is 1.25. The fourth-order valence-corrected chi connectivity index (χ4v) is 4.64. The van der Waals surface area contributed by atoms with Crippen molar-refractivity contribution >= 4 is 28.4 Å². The number of ether oxygens (including phenoxy) is 2. The van der Waals surface area contributed by atoms with Crippen molar-refractivity contribution in [3.05, 3.63) is 94.3 Å². The number of rotatable bonds is 8. The highest BCUT2D eigenvalue weighted by Gasteiger charge is 2.20. The van der Waals surface area contributed by atoms with E-state index in [1.807, 2.05) is 55.5 Å². The van der Waals surface area contributed by atoms with E-state index in [2.05, 4.69) is 0 Å². The van der Waals surface area contributed by atoms with E-state index >= 15 is 0 Å². The highest BCUT2D eigenvalue weighted by molar-refractivity contribution is 7.99.